The molecule has 0 aromatic rings. The summed E-state index contributed by atoms with van der Waals surface area (Å²) in [7, 11) is 1.84. The van der Waals surface area contributed by atoms with Crippen LogP contribution in [0.2, 0.25) is 0 Å². The number of ether oxygens (including phenoxy) is 1. The highest BCUT2D eigenvalue weighted by atomic mass is 16.5. The van der Waals surface area contributed by atoms with Crippen LogP contribution in [0.3, 0.4) is 0 Å². The van der Waals surface area contributed by atoms with E-state index >= 15 is 0 Å². The van der Waals surface area contributed by atoms with Crippen LogP contribution in [-0.4, -0.2) is 13.2 Å². The van der Waals surface area contributed by atoms with Crippen LogP contribution in [0.5, 0.6) is 0 Å². The van der Waals surface area contributed by atoms with Crippen LogP contribution < -0.4 is 0 Å². The Morgan fingerprint density at radius 2 is 1.24 bits per heavy atom. The van der Waals surface area contributed by atoms with Crippen LogP contribution in [0.25, 0.3) is 0 Å². The number of hydrogen-bond acceptors (Lipinski definition) is 1. The second-order valence-corrected chi connectivity index (χ2v) is 6.29. The maximum Gasteiger partial charge on any atom is 0.0568 e. The van der Waals surface area contributed by atoms with Gasteiger partial charge in [-0.15, -0.1) is 0 Å². The highest BCUT2D eigenvalue weighted by molar-refractivity contribution is 4.81. The standard InChI is InChI=1S/C20H40O/c1-4-6-7-8-9-10-11-12-13-14-15-16-17-18-19-20(5-2)21-3/h12-13,20H,4-11,14-19H2,1-3H3/b13-12-. The van der Waals surface area contributed by atoms with Crippen molar-refractivity contribution in [3.63, 3.8) is 0 Å². The molecule has 1 heteroatoms. The van der Waals surface area contributed by atoms with Gasteiger partial charge in [0.1, 0.15) is 0 Å². The topological polar surface area (TPSA) is 9.23 Å². The van der Waals surface area contributed by atoms with Gasteiger partial charge in [0.15, 0.2) is 0 Å². The van der Waals surface area contributed by atoms with Crippen molar-refractivity contribution in [2.45, 2.75) is 110 Å². The minimum Gasteiger partial charge on any atom is -0.381 e. The van der Waals surface area contributed by atoms with Gasteiger partial charge in [0.05, 0.1) is 6.10 Å². The van der Waals surface area contributed by atoms with Crippen LogP contribution in [0, 0.1) is 0 Å². The molecule has 0 amide bonds. The Hall–Kier alpha value is -0.300. The zero-order valence-corrected chi connectivity index (χ0v) is 15.0. The van der Waals surface area contributed by atoms with Crippen LogP contribution in [0.1, 0.15) is 104 Å². The normalized spacial score (nSPS) is 13.1. The molecule has 0 aliphatic heterocycles. The third kappa shape index (κ3) is 15.9. The maximum atomic E-state index is 5.40. The molecule has 0 aromatic carbocycles. The molecule has 21 heavy (non-hydrogen) atoms. The number of methoxy groups -OCH3 is 1. The van der Waals surface area contributed by atoms with Gasteiger partial charge in [-0.1, -0.05) is 77.4 Å². The summed E-state index contributed by atoms with van der Waals surface area (Å²) in [6.07, 6.45) is 24.1. The molecule has 0 saturated heterocycles. The molecule has 0 bridgehead atoms. The number of rotatable bonds is 16. The highest BCUT2D eigenvalue weighted by Crippen LogP contribution is 2.12. The lowest BCUT2D eigenvalue weighted by atomic mass is 10.1. The minimum absolute atomic E-state index is 0.488. The average molecular weight is 297 g/mol. The Bertz CT molecular complexity index is 206. The predicted molar refractivity (Wildman–Crippen MR) is 95.9 cm³/mol. The van der Waals surface area contributed by atoms with Gasteiger partial charge in [0, 0.05) is 7.11 Å². The SMILES string of the molecule is CCCCCCCC/C=C\CCCCCCC(CC)OC. The lowest BCUT2D eigenvalue weighted by Gasteiger charge is -2.11. The first-order valence-corrected chi connectivity index (χ1v) is 9.52. The first-order chi connectivity index (χ1) is 10.3. The summed E-state index contributed by atoms with van der Waals surface area (Å²) < 4.78 is 5.40. The van der Waals surface area contributed by atoms with Gasteiger partial charge in [-0.05, 0) is 38.5 Å². The molecule has 0 aliphatic carbocycles. The predicted octanol–water partition coefficient (Wildman–Crippen LogP) is 7.06. The molecular weight excluding hydrogens is 256 g/mol. The number of unbranched alkanes of at least 4 members (excludes halogenated alkanes) is 10. The monoisotopic (exact) mass is 296 g/mol. The quantitative estimate of drug-likeness (QED) is 0.219. The molecule has 0 aromatic heterocycles. The van der Waals surface area contributed by atoms with Crippen molar-refractivity contribution < 1.29 is 4.74 Å². The van der Waals surface area contributed by atoms with E-state index in [1.165, 1.54) is 83.5 Å². The second kappa shape index (κ2) is 17.8. The third-order valence-electron chi connectivity index (χ3n) is 4.33. The fourth-order valence-electron chi connectivity index (χ4n) is 2.75. The van der Waals surface area contributed by atoms with Crippen molar-refractivity contribution in [2.75, 3.05) is 7.11 Å². The first kappa shape index (κ1) is 20.7. The van der Waals surface area contributed by atoms with Gasteiger partial charge in [-0.25, -0.2) is 0 Å². The van der Waals surface area contributed by atoms with Gasteiger partial charge in [-0.3, -0.25) is 0 Å². The molecule has 0 rings (SSSR count). The van der Waals surface area contributed by atoms with E-state index in [-0.39, 0.29) is 0 Å². The van der Waals surface area contributed by atoms with Gasteiger partial charge in [0.2, 0.25) is 0 Å². The van der Waals surface area contributed by atoms with Crippen molar-refractivity contribution >= 4 is 0 Å². The van der Waals surface area contributed by atoms with E-state index < -0.39 is 0 Å². The van der Waals surface area contributed by atoms with Crippen LogP contribution in [0.15, 0.2) is 12.2 Å². The Labute approximate surface area is 134 Å². The van der Waals surface area contributed by atoms with E-state index in [0.29, 0.717) is 6.10 Å². The third-order valence-corrected chi connectivity index (χ3v) is 4.33. The second-order valence-electron chi connectivity index (χ2n) is 6.29. The van der Waals surface area contributed by atoms with E-state index in [4.69, 9.17) is 4.74 Å². The average Bonchev–Trinajstić information content (AvgIpc) is 2.51. The molecule has 0 spiro atoms. The summed E-state index contributed by atoms with van der Waals surface area (Å²) in [5.74, 6) is 0. The molecule has 0 fully saturated rings. The number of hydrogen-bond donors (Lipinski definition) is 0. The fourth-order valence-corrected chi connectivity index (χ4v) is 2.75. The summed E-state index contributed by atoms with van der Waals surface area (Å²) >= 11 is 0. The summed E-state index contributed by atoms with van der Waals surface area (Å²) in [6, 6.07) is 0. The van der Waals surface area contributed by atoms with Crippen molar-refractivity contribution in [1.82, 2.24) is 0 Å². The molecule has 0 radical (unpaired) electrons. The zero-order chi connectivity index (χ0) is 15.6. The summed E-state index contributed by atoms with van der Waals surface area (Å²) in [6.45, 7) is 4.49. The fraction of sp³-hybridized carbons (Fsp3) is 0.900. The maximum absolute atomic E-state index is 5.40. The Morgan fingerprint density at radius 3 is 1.76 bits per heavy atom. The van der Waals surface area contributed by atoms with Crippen molar-refractivity contribution in [3.05, 3.63) is 12.2 Å². The molecule has 1 atom stereocenters. The highest BCUT2D eigenvalue weighted by Gasteiger charge is 2.02. The zero-order valence-electron chi connectivity index (χ0n) is 15.0. The van der Waals surface area contributed by atoms with Crippen molar-refractivity contribution in [3.8, 4) is 0 Å². The van der Waals surface area contributed by atoms with E-state index in [1.54, 1.807) is 0 Å². The van der Waals surface area contributed by atoms with Gasteiger partial charge < -0.3 is 4.74 Å². The van der Waals surface area contributed by atoms with E-state index in [9.17, 15) is 0 Å². The van der Waals surface area contributed by atoms with Crippen molar-refractivity contribution in [1.29, 1.82) is 0 Å². The Kier molecular flexibility index (Phi) is 17.5. The van der Waals surface area contributed by atoms with Crippen molar-refractivity contribution in [2.24, 2.45) is 0 Å². The minimum atomic E-state index is 0.488. The van der Waals surface area contributed by atoms with Crippen LogP contribution in [0.4, 0.5) is 0 Å². The molecule has 0 N–H and O–H groups in total. The summed E-state index contributed by atoms with van der Waals surface area (Å²) in [4.78, 5) is 0. The van der Waals surface area contributed by atoms with E-state index in [1.807, 2.05) is 7.11 Å². The summed E-state index contributed by atoms with van der Waals surface area (Å²) in [5.41, 5.74) is 0. The molecule has 0 aliphatic rings. The lowest BCUT2D eigenvalue weighted by Crippen LogP contribution is -2.08. The van der Waals surface area contributed by atoms with Gasteiger partial charge in [0.25, 0.3) is 0 Å². The molecule has 126 valence electrons. The largest absolute Gasteiger partial charge is 0.381 e. The molecule has 0 saturated carbocycles. The molecular formula is C20H40O. The lowest BCUT2D eigenvalue weighted by molar-refractivity contribution is 0.0897. The molecule has 0 heterocycles. The molecule has 1 nitrogen and oxygen atoms in total. The number of allylic oxidation sites excluding steroid dienone is 2. The smallest absolute Gasteiger partial charge is 0.0568 e. The van der Waals surface area contributed by atoms with E-state index in [2.05, 4.69) is 26.0 Å². The first-order valence-electron chi connectivity index (χ1n) is 9.52. The summed E-state index contributed by atoms with van der Waals surface area (Å²) in [5, 5.41) is 0. The van der Waals surface area contributed by atoms with E-state index in [0.717, 1.165) is 6.42 Å². The Morgan fingerprint density at radius 1 is 0.714 bits per heavy atom. The van der Waals surface area contributed by atoms with Gasteiger partial charge >= 0.3 is 0 Å². The van der Waals surface area contributed by atoms with Gasteiger partial charge in [-0.2, -0.15) is 0 Å². The molecule has 1 unspecified atom stereocenters. The Balaban J connectivity index is 3.15. The van der Waals surface area contributed by atoms with Crippen LogP contribution >= 0.6 is 0 Å². The van der Waals surface area contributed by atoms with Crippen LogP contribution in [-0.2, 0) is 4.74 Å².